The number of carboxylic acid groups (broad SMARTS) is 1. The second kappa shape index (κ2) is 16.1. The minimum absolute atomic E-state index is 0.0881. The van der Waals surface area contributed by atoms with Gasteiger partial charge in [0.15, 0.2) is 0 Å². The Bertz CT molecular complexity index is 1100. The first-order chi connectivity index (χ1) is 18.6. The zero-order chi connectivity index (χ0) is 28.8. The van der Waals surface area contributed by atoms with Crippen molar-refractivity contribution in [2.45, 2.75) is 56.3 Å². The fraction of sp³-hybridized carbons (Fsp3) is 0.440. The minimum atomic E-state index is -1.27. The molecule has 2 rings (SSSR count). The number of carbonyl (C=O) groups excluding carboxylic acids is 4. The summed E-state index contributed by atoms with van der Waals surface area (Å²) in [6.45, 7) is 0. The van der Waals surface area contributed by atoms with E-state index in [-0.39, 0.29) is 32.1 Å². The van der Waals surface area contributed by atoms with Gasteiger partial charge in [-0.25, -0.2) is 9.78 Å². The van der Waals surface area contributed by atoms with Crippen LogP contribution in [0.2, 0.25) is 0 Å². The van der Waals surface area contributed by atoms with Gasteiger partial charge in [-0.2, -0.15) is 11.8 Å². The Morgan fingerprint density at radius 3 is 2.18 bits per heavy atom. The lowest BCUT2D eigenvalue weighted by Crippen LogP contribution is -2.58. The van der Waals surface area contributed by atoms with Crippen LogP contribution in [0.5, 0.6) is 0 Å². The fourth-order valence-corrected chi connectivity index (χ4v) is 4.13. The summed E-state index contributed by atoms with van der Waals surface area (Å²) in [5, 5.41) is 17.1. The molecule has 4 atom stereocenters. The van der Waals surface area contributed by atoms with Crippen LogP contribution in [-0.4, -0.2) is 80.8 Å². The molecule has 0 aliphatic rings. The van der Waals surface area contributed by atoms with Gasteiger partial charge in [0, 0.05) is 31.2 Å². The van der Waals surface area contributed by atoms with Crippen LogP contribution < -0.4 is 27.4 Å². The Hall–Kier alpha value is -3.91. The highest BCUT2D eigenvalue weighted by Gasteiger charge is 2.30. The maximum absolute atomic E-state index is 13.4. The third kappa shape index (κ3) is 11.2. The summed E-state index contributed by atoms with van der Waals surface area (Å²) in [7, 11) is 0. The number of H-pyrrole nitrogens is 1. The molecule has 0 aliphatic heterocycles. The van der Waals surface area contributed by atoms with Gasteiger partial charge in [0.2, 0.25) is 23.6 Å². The molecule has 0 fully saturated rings. The third-order valence-electron chi connectivity index (χ3n) is 5.78. The van der Waals surface area contributed by atoms with E-state index in [0.717, 1.165) is 5.56 Å². The van der Waals surface area contributed by atoms with E-state index in [1.165, 1.54) is 24.3 Å². The van der Waals surface area contributed by atoms with E-state index < -0.39 is 53.8 Å². The monoisotopic (exact) mass is 561 g/mol. The van der Waals surface area contributed by atoms with Crippen molar-refractivity contribution in [1.82, 2.24) is 25.9 Å². The van der Waals surface area contributed by atoms with Crippen LogP contribution in [0.4, 0.5) is 0 Å². The number of rotatable bonds is 17. The molecular weight excluding hydrogens is 526 g/mol. The largest absolute Gasteiger partial charge is 0.480 e. The number of aromatic nitrogens is 2. The van der Waals surface area contributed by atoms with E-state index in [2.05, 4.69) is 25.9 Å². The summed E-state index contributed by atoms with van der Waals surface area (Å²) in [6.07, 6.45) is 4.81. The van der Waals surface area contributed by atoms with Crippen LogP contribution >= 0.6 is 11.8 Å². The van der Waals surface area contributed by atoms with Crippen molar-refractivity contribution >= 4 is 41.4 Å². The zero-order valence-corrected chi connectivity index (χ0v) is 22.4. The SMILES string of the molecule is CSCCC(NC(=O)C(CCC(N)=O)NC(=O)C(Cc1ccccc1)NC(=O)C(N)Cc1cnc[nH]1)C(=O)O. The van der Waals surface area contributed by atoms with Crippen molar-refractivity contribution in [3.05, 3.63) is 54.1 Å². The topological polar surface area (TPSA) is 222 Å². The molecule has 1 heterocycles. The van der Waals surface area contributed by atoms with Crippen LogP contribution in [0.1, 0.15) is 30.5 Å². The third-order valence-corrected chi connectivity index (χ3v) is 6.43. The van der Waals surface area contributed by atoms with Crippen molar-refractivity contribution in [3.8, 4) is 0 Å². The molecule has 14 heteroatoms. The predicted octanol–water partition coefficient (Wildman–Crippen LogP) is -0.920. The summed E-state index contributed by atoms with van der Waals surface area (Å²) in [6, 6.07) is 4.35. The number of imidazole rings is 1. The highest BCUT2D eigenvalue weighted by atomic mass is 32.2. The van der Waals surface area contributed by atoms with E-state index in [9.17, 15) is 29.1 Å². The molecule has 1 aromatic heterocycles. The number of carboxylic acids is 1. The van der Waals surface area contributed by atoms with Gasteiger partial charge < -0.3 is 37.5 Å². The number of thioether (sulfide) groups is 1. The van der Waals surface area contributed by atoms with Crippen LogP contribution in [-0.2, 0) is 36.8 Å². The molecule has 2 aromatic rings. The highest BCUT2D eigenvalue weighted by molar-refractivity contribution is 7.98. The van der Waals surface area contributed by atoms with Crippen LogP contribution in [0.25, 0.3) is 0 Å². The maximum Gasteiger partial charge on any atom is 0.326 e. The summed E-state index contributed by atoms with van der Waals surface area (Å²) < 4.78 is 0. The minimum Gasteiger partial charge on any atom is -0.480 e. The molecule has 0 saturated carbocycles. The lowest BCUT2D eigenvalue weighted by Gasteiger charge is -2.25. The molecule has 0 radical (unpaired) electrons. The quantitative estimate of drug-likeness (QED) is 0.127. The van der Waals surface area contributed by atoms with Gasteiger partial charge in [0.25, 0.3) is 0 Å². The molecule has 13 nitrogen and oxygen atoms in total. The number of carbonyl (C=O) groups is 5. The first-order valence-electron chi connectivity index (χ1n) is 12.3. The number of hydrogen-bond acceptors (Lipinski definition) is 8. The average Bonchev–Trinajstić information content (AvgIpc) is 3.41. The van der Waals surface area contributed by atoms with Crippen molar-refractivity contribution in [2.24, 2.45) is 11.5 Å². The number of nitrogens with one attached hydrogen (secondary N) is 4. The van der Waals surface area contributed by atoms with Gasteiger partial charge >= 0.3 is 5.97 Å². The predicted molar refractivity (Wildman–Crippen MR) is 145 cm³/mol. The highest BCUT2D eigenvalue weighted by Crippen LogP contribution is 2.08. The number of nitrogens with zero attached hydrogens (tertiary/aromatic N) is 1. The van der Waals surface area contributed by atoms with Crippen molar-refractivity contribution in [2.75, 3.05) is 12.0 Å². The van der Waals surface area contributed by atoms with Gasteiger partial charge in [-0.05, 0) is 30.4 Å². The maximum atomic E-state index is 13.4. The molecule has 0 bridgehead atoms. The van der Waals surface area contributed by atoms with Gasteiger partial charge in [-0.15, -0.1) is 0 Å². The van der Waals surface area contributed by atoms with E-state index >= 15 is 0 Å². The van der Waals surface area contributed by atoms with E-state index in [4.69, 9.17) is 11.5 Å². The molecule has 212 valence electrons. The normalized spacial score (nSPS) is 13.9. The van der Waals surface area contributed by atoms with Gasteiger partial charge in [-0.1, -0.05) is 30.3 Å². The Morgan fingerprint density at radius 1 is 0.949 bits per heavy atom. The summed E-state index contributed by atoms with van der Waals surface area (Å²) in [4.78, 5) is 69.0. The van der Waals surface area contributed by atoms with Gasteiger partial charge in [0.1, 0.15) is 18.1 Å². The summed E-state index contributed by atoms with van der Waals surface area (Å²) in [5.41, 5.74) is 12.7. The van der Waals surface area contributed by atoms with Crippen molar-refractivity contribution in [1.29, 1.82) is 0 Å². The molecule has 4 amide bonds. The van der Waals surface area contributed by atoms with E-state index in [0.29, 0.717) is 11.4 Å². The van der Waals surface area contributed by atoms with Crippen LogP contribution in [0, 0.1) is 0 Å². The number of nitrogens with two attached hydrogens (primary N) is 2. The van der Waals surface area contributed by atoms with Crippen LogP contribution in [0.15, 0.2) is 42.9 Å². The zero-order valence-electron chi connectivity index (χ0n) is 21.6. The number of primary amides is 1. The second-order valence-corrected chi connectivity index (χ2v) is 9.87. The lowest BCUT2D eigenvalue weighted by atomic mass is 10.0. The number of amides is 4. The lowest BCUT2D eigenvalue weighted by molar-refractivity contribution is -0.142. The first kappa shape index (κ1) is 31.3. The Balaban J connectivity index is 2.20. The summed E-state index contributed by atoms with van der Waals surface area (Å²) >= 11 is 1.42. The van der Waals surface area contributed by atoms with Gasteiger partial charge in [-0.3, -0.25) is 19.2 Å². The molecule has 1 aromatic carbocycles. The number of benzene rings is 1. The van der Waals surface area contributed by atoms with Crippen LogP contribution in [0.3, 0.4) is 0 Å². The first-order valence-corrected chi connectivity index (χ1v) is 13.7. The van der Waals surface area contributed by atoms with E-state index in [1.54, 1.807) is 36.6 Å². The molecule has 39 heavy (non-hydrogen) atoms. The molecule has 9 N–H and O–H groups in total. The fourth-order valence-electron chi connectivity index (χ4n) is 3.66. The van der Waals surface area contributed by atoms with E-state index in [1.807, 2.05) is 0 Å². The Kier molecular flexibility index (Phi) is 13.0. The molecule has 0 saturated heterocycles. The standard InChI is InChI=1S/C25H35N7O6S/c1-39-10-9-19(25(37)38)31-23(35)18(7-8-21(27)33)30-24(36)20(11-15-5-3-2-4-6-15)32-22(34)17(26)12-16-13-28-14-29-16/h2-6,13-14,17-20H,7-12,26H2,1H3,(H2,27,33)(H,28,29)(H,30,36)(H,31,35)(H,32,34)(H,37,38). The van der Waals surface area contributed by atoms with Gasteiger partial charge in [0.05, 0.1) is 12.4 Å². The average molecular weight is 562 g/mol. The number of hydrogen-bond donors (Lipinski definition) is 7. The summed E-state index contributed by atoms with van der Waals surface area (Å²) in [5.74, 6) is -3.52. The molecule has 0 aliphatic carbocycles. The molecule has 4 unspecified atom stereocenters. The Morgan fingerprint density at radius 2 is 1.59 bits per heavy atom. The van der Waals surface area contributed by atoms with Crippen molar-refractivity contribution < 1.29 is 29.1 Å². The Labute approximate surface area is 230 Å². The molecular formula is C25H35N7O6S. The second-order valence-electron chi connectivity index (χ2n) is 8.89. The number of aromatic amines is 1. The number of aliphatic carboxylic acids is 1. The molecule has 0 spiro atoms. The van der Waals surface area contributed by atoms with Crippen molar-refractivity contribution in [3.63, 3.8) is 0 Å². The smallest absolute Gasteiger partial charge is 0.326 e.